The molecule has 2 N–H and O–H groups in total. The van der Waals surface area contributed by atoms with Gasteiger partial charge in [-0.3, -0.25) is 10.1 Å². The molecular weight excluding hydrogens is 334 g/mol. The summed E-state index contributed by atoms with van der Waals surface area (Å²) >= 11 is 5.86. The van der Waals surface area contributed by atoms with Crippen LogP contribution in [0.25, 0.3) is 0 Å². The van der Waals surface area contributed by atoms with Crippen LogP contribution in [-0.2, 0) is 14.8 Å². The SMILES string of the molecule is COCCNCCNS(=O)(=O)c1cc(Cl)c(C)c([N+](=O)[O-])c1. The van der Waals surface area contributed by atoms with Gasteiger partial charge in [-0.25, -0.2) is 13.1 Å². The molecule has 0 aromatic heterocycles. The summed E-state index contributed by atoms with van der Waals surface area (Å²) in [6, 6.07) is 2.20. The van der Waals surface area contributed by atoms with Crippen LogP contribution in [0.3, 0.4) is 0 Å². The molecule has 0 spiro atoms. The van der Waals surface area contributed by atoms with Gasteiger partial charge in [0.2, 0.25) is 10.0 Å². The van der Waals surface area contributed by atoms with Gasteiger partial charge in [-0.15, -0.1) is 0 Å². The van der Waals surface area contributed by atoms with Crippen LogP contribution < -0.4 is 10.0 Å². The maximum absolute atomic E-state index is 12.1. The van der Waals surface area contributed by atoms with Crippen molar-refractivity contribution in [1.82, 2.24) is 10.0 Å². The second-order valence-electron chi connectivity index (χ2n) is 4.45. The molecule has 0 aliphatic heterocycles. The molecule has 0 amide bonds. The Morgan fingerprint density at radius 2 is 2.00 bits per heavy atom. The minimum absolute atomic E-state index is 0.0350. The van der Waals surface area contributed by atoms with Crippen molar-refractivity contribution < 1.29 is 18.1 Å². The molecule has 1 aromatic rings. The Balaban J connectivity index is 2.79. The number of benzene rings is 1. The first-order valence-corrected chi connectivity index (χ1v) is 8.29. The zero-order valence-electron chi connectivity index (χ0n) is 12.3. The standard InChI is InChI=1S/C12H18ClN3O5S/c1-9-11(13)7-10(8-12(9)16(17)18)22(19,20)15-4-3-14-5-6-21-2/h7-8,14-15H,3-6H2,1-2H3. The van der Waals surface area contributed by atoms with E-state index in [2.05, 4.69) is 10.0 Å². The Hall–Kier alpha value is -1.26. The molecule has 1 aromatic carbocycles. The van der Waals surface area contributed by atoms with E-state index in [0.29, 0.717) is 19.7 Å². The van der Waals surface area contributed by atoms with Crippen molar-refractivity contribution in [2.24, 2.45) is 0 Å². The van der Waals surface area contributed by atoms with Crippen LogP contribution in [-0.4, -0.2) is 46.7 Å². The molecule has 0 fully saturated rings. The zero-order valence-corrected chi connectivity index (χ0v) is 13.8. The van der Waals surface area contributed by atoms with Gasteiger partial charge in [0.15, 0.2) is 0 Å². The van der Waals surface area contributed by atoms with Crippen molar-refractivity contribution in [3.8, 4) is 0 Å². The number of sulfonamides is 1. The minimum Gasteiger partial charge on any atom is -0.383 e. The summed E-state index contributed by atoms with van der Waals surface area (Å²) in [4.78, 5) is 10.0. The fraction of sp³-hybridized carbons (Fsp3) is 0.500. The molecule has 0 heterocycles. The van der Waals surface area contributed by atoms with Gasteiger partial charge in [-0.2, -0.15) is 0 Å². The highest BCUT2D eigenvalue weighted by molar-refractivity contribution is 7.89. The molecule has 124 valence electrons. The van der Waals surface area contributed by atoms with Crippen molar-refractivity contribution in [3.05, 3.63) is 32.8 Å². The second kappa shape index (κ2) is 8.39. The lowest BCUT2D eigenvalue weighted by Gasteiger charge is -2.09. The summed E-state index contributed by atoms with van der Waals surface area (Å²) in [5.41, 5.74) is -0.0991. The predicted molar refractivity (Wildman–Crippen MR) is 82.8 cm³/mol. The fourth-order valence-electron chi connectivity index (χ4n) is 1.64. The van der Waals surface area contributed by atoms with Crippen LogP contribution in [0.4, 0.5) is 5.69 Å². The third kappa shape index (κ3) is 5.18. The van der Waals surface area contributed by atoms with Crippen molar-refractivity contribution in [1.29, 1.82) is 0 Å². The topological polar surface area (TPSA) is 111 Å². The van der Waals surface area contributed by atoms with E-state index in [1.807, 2.05) is 0 Å². The van der Waals surface area contributed by atoms with Crippen molar-refractivity contribution >= 4 is 27.3 Å². The second-order valence-corrected chi connectivity index (χ2v) is 6.62. The van der Waals surface area contributed by atoms with Crippen molar-refractivity contribution in [3.63, 3.8) is 0 Å². The van der Waals surface area contributed by atoms with E-state index in [1.54, 1.807) is 7.11 Å². The highest BCUT2D eigenvalue weighted by Gasteiger charge is 2.22. The molecule has 8 nitrogen and oxygen atoms in total. The number of nitrogens with zero attached hydrogens (tertiary/aromatic N) is 1. The first-order valence-electron chi connectivity index (χ1n) is 6.43. The number of hydrogen-bond donors (Lipinski definition) is 2. The number of nitro benzene ring substituents is 1. The Bertz CT molecular complexity index is 636. The lowest BCUT2D eigenvalue weighted by atomic mass is 10.2. The summed E-state index contributed by atoms with van der Waals surface area (Å²) in [7, 11) is -2.29. The van der Waals surface area contributed by atoms with Gasteiger partial charge in [-0.1, -0.05) is 11.6 Å². The maximum atomic E-state index is 12.1. The molecule has 0 radical (unpaired) electrons. The van der Waals surface area contributed by atoms with E-state index in [-0.39, 0.29) is 27.7 Å². The van der Waals surface area contributed by atoms with Gasteiger partial charge in [-0.05, 0) is 13.0 Å². The average Bonchev–Trinajstić information content (AvgIpc) is 2.44. The maximum Gasteiger partial charge on any atom is 0.275 e. The van der Waals surface area contributed by atoms with E-state index >= 15 is 0 Å². The predicted octanol–water partition coefficient (Wildman–Crippen LogP) is 1.07. The minimum atomic E-state index is -3.86. The fourth-order valence-corrected chi connectivity index (χ4v) is 3.00. The first kappa shape index (κ1) is 18.8. The summed E-state index contributed by atoms with van der Waals surface area (Å²) in [5.74, 6) is 0. The van der Waals surface area contributed by atoms with Crippen LogP contribution in [0, 0.1) is 17.0 Å². The van der Waals surface area contributed by atoms with Crippen LogP contribution in [0.15, 0.2) is 17.0 Å². The summed E-state index contributed by atoms with van der Waals surface area (Å²) in [6.45, 7) is 3.13. The number of halogens is 1. The molecule has 10 heteroatoms. The lowest BCUT2D eigenvalue weighted by molar-refractivity contribution is -0.385. The molecule has 0 unspecified atom stereocenters. The van der Waals surface area contributed by atoms with E-state index < -0.39 is 14.9 Å². The summed E-state index contributed by atoms with van der Waals surface area (Å²) in [6.07, 6.45) is 0. The van der Waals surface area contributed by atoms with E-state index in [9.17, 15) is 18.5 Å². The molecular formula is C12H18ClN3O5S. The van der Waals surface area contributed by atoms with Crippen molar-refractivity contribution in [2.45, 2.75) is 11.8 Å². The summed E-state index contributed by atoms with van der Waals surface area (Å²) < 4.78 is 31.4. The summed E-state index contributed by atoms with van der Waals surface area (Å²) in [5, 5.41) is 13.9. The zero-order chi connectivity index (χ0) is 16.8. The van der Waals surface area contributed by atoms with E-state index in [1.165, 1.54) is 13.0 Å². The van der Waals surface area contributed by atoms with Crippen LogP contribution in [0.1, 0.15) is 5.56 Å². The molecule has 0 aliphatic rings. The third-order valence-electron chi connectivity index (χ3n) is 2.87. The average molecular weight is 352 g/mol. The highest BCUT2D eigenvalue weighted by Crippen LogP contribution is 2.29. The number of nitrogens with one attached hydrogen (secondary N) is 2. The third-order valence-corrected chi connectivity index (χ3v) is 4.71. The Labute approximate surface area is 134 Å². The molecule has 0 atom stereocenters. The highest BCUT2D eigenvalue weighted by atomic mass is 35.5. The van der Waals surface area contributed by atoms with Crippen LogP contribution >= 0.6 is 11.6 Å². The molecule has 0 saturated carbocycles. The lowest BCUT2D eigenvalue weighted by Crippen LogP contribution is -2.33. The molecule has 1 rings (SSSR count). The van der Waals surface area contributed by atoms with Crippen molar-refractivity contribution in [2.75, 3.05) is 33.4 Å². The van der Waals surface area contributed by atoms with Gasteiger partial charge in [0, 0.05) is 38.4 Å². The number of ether oxygens (including phenoxy) is 1. The molecule has 22 heavy (non-hydrogen) atoms. The number of methoxy groups -OCH3 is 1. The molecule has 0 bridgehead atoms. The van der Waals surface area contributed by atoms with Gasteiger partial charge in [0.25, 0.3) is 5.69 Å². The Morgan fingerprint density at radius 3 is 2.59 bits per heavy atom. The van der Waals surface area contributed by atoms with E-state index in [4.69, 9.17) is 16.3 Å². The normalized spacial score (nSPS) is 11.6. The van der Waals surface area contributed by atoms with Crippen LogP contribution in [0.5, 0.6) is 0 Å². The number of rotatable bonds is 9. The Morgan fingerprint density at radius 1 is 1.32 bits per heavy atom. The molecule has 0 saturated heterocycles. The van der Waals surface area contributed by atoms with Gasteiger partial charge in [0.05, 0.1) is 21.4 Å². The largest absolute Gasteiger partial charge is 0.383 e. The first-order chi connectivity index (χ1) is 10.3. The molecule has 0 aliphatic carbocycles. The number of nitro groups is 1. The quantitative estimate of drug-likeness (QED) is 0.391. The van der Waals surface area contributed by atoms with Gasteiger partial charge < -0.3 is 10.1 Å². The van der Waals surface area contributed by atoms with E-state index in [0.717, 1.165) is 6.07 Å². The number of hydrogen-bond acceptors (Lipinski definition) is 6. The van der Waals surface area contributed by atoms with Gasteiger partial charge >= 0.3 is 0 Å². The van der Waals surface area contributed by atoms with Gasteiger partial charge in [0.1, 0.15) is 0 Å². The van der Waals surface area contributed by atoms with Crippen LogP contribution in [0.2, 0.25) is 5.02 Å². The monoisotopic (exact) mass is 351 g/mol. The smallest absolute Gasteiger partial charge is 0.275 e. The Kier molecular flexibility index (Phi) is 7.17.